The molecule has 0 fully saturated rings. The molecule has 1 unspecified atom stereocenters. The molecule has 3 aromatic carbocycles. The van der Waals surface area contributed by atoms with E-state index in [4.69, 9.17) is 9.47 Å². The van der Waals surface area contributed by atoms with Gasteiger partial charge < -0.3 is 9.47 Å². The van der Waals surface area contributed by atoms with Crippen LogP contribution >= 0.6 is 11.3 Å². The van der Waals surface area contributed by atoms with E-state index in [0.717, 1.165) is 16.7 Å². The number of aromatic nitrogens is 1. The zero-order valence-corrected chi connectivity index (χ0v) is 21.0. The number of esters is 1. The molecule has 5 rings (SSSR count). The molecular formula is C29H23FN2O4S. The zero-order chi connectivity index (χ0) is 25.9. The number of allylic oxidation sites excluding steroid dienone is 1. The number of rotatable bonds is 6. The van der Waals surface area contributed by atoms with Gasteiger partial charge in [0.15, 0.2) is 4.80 Å². The Hall–Kier alpha value is -4.30. The van der Waals surface area contributed by atoms with Gasteiger partial charge in [-0.15, -0.1) is 0 Å². The average molecular weight is 515 g/mol. The highest BCUT2D eigenvalue weighted by Gasteiger charge is 2.32. The number of fused-ring (bicyclic) bond motifs is 1. The first-order chi connectivity index (χ1) is 17.9. The van der Waals surface area contributed by atoms with Crippen molar-refractivity contribution in [1.82, 2.24) is 4.57 Å². The Morgan fingerprint density at radius 1 is 1.05 bits per heavy atom. The first kappa shape index (κ1) is 24.4. The molecule has 0 aliphatic carbocycles. The van der Waals surface area contributed by atoms with Gasteiger partial charge in [-0.05, 0) is 54.0 Å². The Balaban J connectivity index is 1.47. The summed E-state index contributed by atoms with van der Waals surface area (Å²) in [7, 11) is 1.32. The van der Waals surface area contributed by atoms with Crippen LogP contribution in [0.25, 0.3) is 6.08 Å². The SMILES string of the molecule is COC(=O)C1=C(C)N=c2sc(=Cc3ccc(OCc4ccc(F)cc4)cc3)c(=O)n2C1c1ccccc1. The van der Waals surface area contributed by atoms with Gasteiger partial charge in [0.2, 0.25) is 0 Å². The van der Waals surface area contributed by atoms with Crippen LogP contribution in [0, 0.1) is 5.82 Å². The average Bonchev–Trinajstić information content (AvgIpc) is 3.22. The van der Waals surface area contributed by atoms with E-state index >= 15 is 0 Å². The van der Waals surface area contributed by atoms with Gasteiger partial charge in [-0.25, -0.2) is 14.2 Å². The maximum Gasteiger partial charge on any atom is 0.338 e. The standard InChI is InChI=1S/C29H23FN2O4S/c1-18-25(28(34)35-2)26(21-6-4-3-5-7-21)32-27(33)24(37-29(32)31-18)16-19-10-14-23(15-11-19)36-17-20-8-12-22(30)13-9-20/h3-16,26H,17H2,1-2H3. The Morgan fingerprint density at radius 3 is 2.43 bits per heavy atom. The molecule has 1 atom stereocenters. The van der Waals surface area contributed by atoms with Crippen LogP contribution in [0.15, 0.2) is 99.9 Å². The Kier molecular flexibility index (Phi) is 6.83. The highest BCUT2D eigenvalue weighted by atomic mass is 32.1. The van der Waals surface area contributed by atoms with Gasteiger partial charge >= 0.3 is 5.97 Å². The van der Waals surface area contributed by atoms with Crippen LogP contribution < -0.4 is 19.6 Å². The quantitative estimate of drug-likeness (QED) is 0.363. The summed E-state index contributed by atoms with van der Waals surface area (Å²) in [4.78, 5) is 31.3. The van der Waals surface area contributed by atoms with Crippen LogP contribution in [0.5, 0.6) is 5.75 Å². The fourth-order valence-electron chi connectivity index (χ4n) is 4.20. The van der Waals surface area contributed by atoms with E-state index in [-0.39, 0.29) is 11.4 Å². The zero-order valence-electron chi connectivity index (χ0n) is 20.2. The molecule has 0 radical (unpaired) electrons. The van der Waals surface area contributed by atoms with Crippen molar-refractivity contribution in [2.45, 2.75) is 19.6 Å². The number of thiazole rings is 1. The number of ether oxygens (including phenoxy) is 2. The molecule has 8 heteroatoms. The number of nitrogens with zero attached hydrogens (tertiary/aromatic N) is 2. The topological polar surface area (TPSA) is 69.9 Å². The fraction of sp³-hybridized carbons (Fsp3) is 0.138. The van der Waals surface area contributed by atoms with E-state index in [1.807, 2.05) is 54.6 Å². The second-order valence-electron chi connectivity index (χ2n) is 8.47. The van der Waals surface area contributed by atoms with Crippen LogP contribution in [0.4, 0.5) is 4.39 Å². The molecule has 186 valence electrons. The molecule has 37 heavy (non-hydrogen) atoms. The summed E-state index contributed by atoms with van der Waals surface area (Å²) in [6.45, 7) is 2.07. The normalized spacial score (nSPS) is 15.2. The minimum Gasteiger partial charge on any atom is -0.489 e. The van der Waals surface area contributed by atoms with Crippen LogP contribution in [0.3, 0.4) is 0 Å². The molecule has 0 bridgehead atoms. The second-order valence-corrected chi connectivity index (χ2v) is 9.48. The Morgan fingerprint density at radius 2 is 1.76 bits per heavy atom. The van der Waals surface area contributed by atoms with Crippen molar-refractivity contribution in [1.29, 1.82) is 0 Å². The van der Waals surface area contributed by atoms with Crippen LogP contribution in [0.2, 0.25) is 0 Å². The second kappa shape index (κ2) is 10.4. The van der Waals surface area contributed by atoms with Gasteiger partial charge in [-0.3, -0.25) is 9.36 Å². The minimum atomic E-state index is -0.630. The monoisotopic (exact) mass is 514 g/mol. The predicted molar refractivity (Wildman–Crippen MR) is 139 cm³/mol. The number of halogens is 1. The van der Waals surface area contributed by atoms with Gasteiger partial charge in [0.25, 0.3) is 5.56 Å². The van der Waals surface area contributed by atoms with Crippen molar-refractivity contribution in [2.75, 3.05) is 7.11 Å². The summed E-state index contributed by atoms with van der Waals surface area (Å²) in [6, 6.07) is 22.3. The number of methoxy groups -OCH3 is 1. The van der Waals surface area contributed by atoms with Gasteiger partial charge in [-0.2, -0.15) is 0 Å². The van der Waals surface area contributed by atoms with Crippen molar-refractivity contribution in [3.8, 4) is 5.75 Å². The number of carbonyl (C=O) groups is 1. The maximum absolute atomic E-state index is 13.6. The summed E-state index contributed by atoms with van der Waals surface area (Å²) in [5.74, 6) is -0.142. The molecule has 1 aliphatic heterocycles. The van der Waals surface area contributed by atoms with Gasteiger partial charge in [0, 0.05) is 0 Å². The van der Waals surface area contributed by atoms with Gasteiger partial charge in [-0.1, -0.05) is 65.9 Å². The molecule has 4 aromatic rings. The minimum absolute atomic E-state index is 0.233. The van der Waals surface area contributed by atoms with Crippen LogP contribution in [-0.2, 0) is 16.1 Å². The smallest absolute Gasteiger partial charge is 0.338 e. The van der Waals surface area contributed by atoms with Gasteiger partial charge in [0.05, 0.1) is 29.0 Å². The van der Waals surface area contributed by atoms with Crippen LogP contribution in [-0.4, -0.2) is 17.6 Å². The molecule has 0 N–H and O–H groups in total. The van der Waals surface area contributed by atoms with Crippen molar-refractivity contribution in [2.24, 2.45) is 4.99 Å². The first-order valence-corrected chi connectivity index (χ1v) is 12.4. The molecule has 0 saturated heterocycles. The van der Waals surface area contributed by atoms with E-state index in [9.17, 15) is 14.0 Å². The molecule has 0 amide bonds. The van der Waals surface area contributed by atoms with Crippen molar-refractivity contribution < 1.29 is 18.7 Å². The number of benzene rings is 3. The van der Waals surface area contributed by atoms with Crippen molar-refractivity contribution >= 4 is 23.4 Å². The lowest BCUT2D eigenvalue weighted by Crippen LogP contribution is -2.39. The third kappa shape index (κ3) is 5.01. The molecule has 1 aliphatic rings. The predicted octanol–water partition coefficient (Wildman–Crippen LogP) is 4.13. The van der Waals surface area contributed by atoms with Crippen LogP contribution in [0.1, 0.15) is 29.7 Å². The summed E-state index contributed by atoms with van der Waals surface area (Å²) in [5, 5.41) is 0. The lowest BCUT2D eigenvalue weighted by Gasteiger charge is -2.24. The first-order valence-electron chi connectivity index (χ1n) is 11.6. The molecular weight excluding hydrogens is 491 g/mol. The molecule has 0 spiro atoms. The highest BCUT2D eigenvalue weighted by Crippen LogP contribution is 2.30. The van der Waals surface area contributed by atoms with E-state index < -0.39 is 12.0 Å². The largest absolute Gasteiger partial charge is 0.489 e. The third-order valence-electron chi connectivity index (χ3n) is 6.04. The van der Waals surface area contributed by atoms with Crippen molar-refractivity contribution in [3.63, 3.8) is 0 Å². The summed E-state index contributed by atoms with van der Waals surface area (Å²) >= 11 is 1.27. The Labute approximate surface area is 216 Å². The van der Waals surface area contributed by atoms with E-state index in [0.29, 0.717) is 33.0 Å². The fourth-order valence-corrected chi connectivity index (χ4v) is 5.25. The number of hydrogen-bond donors (Lipinski definition) is 0. The molecule has 1 aromatic heterocycles. The highest BCUT2D eigenvalue weighted by molar-refractivity contribution is 7.07. The molecule has 0 saturated carbocycles. The van der Waals surface area contributed by atoms with Crippen molar-refractivity contribution in [3.05, 3.63) is 132 Å². The summed E-state index contributed by atoms with van der Waals surface area (Å²) in [6.07, 6.45) is 1.80. The number of carbonyl (C=O) groups excluding carboxylic acids is 1. The summed E-state index contributed by atoms with van der Waals surface area (Å²) < 4.78 is 25.9. The van der Waals surface area contributed by atoms with Gasteiger partial charge in [0.1, 0.15) is 18.2 Å². The van der Waals surface area contributed by atoms with E-state index in [1.54, 1.807) is 29.7 Å². The summed E-state index contributed by atoms with van der Waals surface area (Å²) in [5.41, 5.74) is 3.11. The van der Waals surface area contributed by atoms with E-state index in [2.05, 4.69) is 4.99 Å². The molecule has 6 nitrogen and oxygen atoms in total. The lowest BCUT2D eigenvalue weighted by atomic mass is 9.96. The number of hydrogen-bond acceptors (Lipinski definition) is 6. The molecule has 2 heterocycles. The Bertz CT molecular complexity index is 1650. The third-order valence-corrected chi connectivity index (χ3v) is 7.02. The van der Waals surface area contributed by atoms with E-state index in [1.165, 1.54) is 30.6 Å². The lowest BCUT2D eigenvalue weighted by molar-refractivity contribution is -0.136. The maximum atomic E-state index is 13.6.